The Labute approximate surface area is 322 Å². The van der Waals surface area contributed by atoms with Crippen molar-refractivity contribution in [3.05, 3.63) is 249 Å². The molecule has 0 spiro atoms. The van der Waals surface area contributed by atoms with Crippen LogP contribution in [0.5, 0.6) is 0 Å². The topological polar surface area (TPSA) is 62.0 Å². The first-order chi connectivity index (χ1) is 27.7. The minimum atomic E-state index is -0.0784. The van der Waals surface area contributed by atoms with Crippen LogP contribution in [0.2, 0.25) is 0 Å². The van der Waals surface area contributed by atoms with E-state index in [-0.39, 0.29) is 5.78 Å². The number of hydrogen-bond acceptors (Lipinski definition) is 3. The summed E-state index contributed by atoms with van der Waals surface area (Å²) in [4.78, 5) is 30.2. The zero-order valence-corrected chi connectivity index (χ0v) is 30.1. The summed E-state index contributed by atoms with van der Waals surface area (Å²) in [6.45, 7) is 0. The van der Waals surface area contributed by atoms with E-state index in [9.17, 15) is 0 Å². The molecule has 6 bridgehead atoms. The molecule has 3 aliphatic heterocycles. The van der Waals surface area contributed by atoms with E-state index in [1.807, 2.05) is 66.7 Å². The van der Waals surface area contributed by atoms with Gasteiger partial charge in [-0.3, -0.25) is 9.20 Å². The van der Waals surface area contributed by atoms with Gasteiger partial charge in [-0.2, -0.15) is 0 Å². The Bertz CT molecular complexity index is 3200. The maximum absolute atomic E-state index is 15.3. The van der Waals surface area contributed by atoms with Crippen molar-refractivity contribution >= 4 is 39.3 Å². The fourth-order valence-electron chi connectivity index (χ4n) is 8.49. The molecule has 0 unspecified atom stereocenters. The highest BCUT2D eigenvalue weighted by Gasteiger charge is 2.35. The number of nitrogens with zero attached hydrogens (tertiary/aromatic N) is 3. The van der Waals surface area contributed by atoms with Gasteiger partial charge in [-0.1, -0.05) is 152 Å². The highest BCUT2D eigenvalue weighted by Crippen LogP contribution is 2.43. The summed E-state index contributed by atoms with van der Waals surface area (Å²) < 4.78 is 2.25. The molecule has 0 radical (unpaired) electrons. The number of carbonyl (C=O) groups excluding carboxylic acids is 1. The first-order valence-electron chi connectivity index (χ1n) is 18.8. The minimum Gasteiger partial charge on any atom is -0.354 e. The number of benzene rings is 5. The predicted molar refractivity (Wildman–Crippen MR) is 224 cm³/mol. The second-order valence-electron chi connectivity index (χ2n) is 14.1. The third kappa shape index (κ3) is 4.91. The van der Waals surface area contributed by atoms with E-state index in [1.165, 1.54) is 0 Å². The van der Waals surface area contributed by atoms with Crippen LogP contribution in [-0.2, 0) is 0 Å². The summed E-state index contributed by atoms with van der Waals surface area (Å²) in [5, 5.41) is 1.77. The number of ketones is 1. The van der Waals surface area contributed by atoms with Gasteiger partial charge >= 0.3 is 0 Å². The largest absolute Gasteiger partial charge is 0.354 e. The number of nitrogens with one attached hydrogen (secondary N) is 1. The average molecular weight is 717 g/mol. The molecule has 11 rings (SSSR count). The minimum absolute atomic E-state index is 0.0784. The van der Waals surface area contributed by atoms with Gasteiger partial charge in [-0.05, 0) is 58.7 Å². The maximum Gasteiger partial charge on any atom is 0.195 e. The van der Waals surface area contributed by atoms with Gasteiger partial charge in [0.15, 0.2) is 5.78 Å². The van der Waals surface area contributed by atoms with Crippen molar-refractivity contribution in [2.75, 3.05) is 0 Å². The summed E-state index contributed by atoms with van der Waals surface area (Å²) in [5.74, 6) is -0.0784. The second-order valence-corrected chi connectivity index (χ2v) is 14.1. The van der Waals surface area contributed by atoms with Gasteiger partial charge in [0.2, 0.25) is 0 Å². The molecule has 5 nitrogen and oxygen atoms in total. The van der Waals surface area contributed by atoms with Crippen LogP contribution in [0.15, 0.2) is 209 Å². The van der Waals surface area contributed by atoms with Crippen molar-refractivity contribution < 1.29 is 4.79 Å². The lowest BCUT2D eigenvalue weighted by Crippen LogP contribution is -2.20. The maximum atomic E-state index is 15.3. The van der Waals surface area contributed by atoms with Gasteiger partial charge in [-0.15, -0.1) is 0 Å². The van der Waals surface area contributed by atoms with Crippen molar-refractivity contribution in [1.29, 1.82) is 0 Å². The van der Waals surface area contributed by atoms with Crippen molar-refractivity contribution in [2.45, 2.75) is 0 Å². The van der Waals surface area contributed by atoms with Crippen LogP contribution in [0.1, 0.15) is 38.3 Å². The molecule has 0 aliphatic carbocycles. The first kappa shape index (κ1) is 31.9. The Morgan fingerprint density at radius 2 is 1.02 bits per heavy atom. The lowest BCUT2D eigenvalue weighted by molar-refractivity contribution is 0.105. The molecule has 0 saturated carbocycles. The molecule has 0 atom stereocenters. The molecule has 0 saturated heterocycles. The predicted octanol–water partition coefficient (Wildman–Crippen LogP) is 8.76. The molecule has 56 heavy (non-hydrogen) atoms. The summed E-state index contributed by atoms with van der Waals surface area (Å²) >= 11 is 0. The number of H-pyrrole nitrogens is 1. The molecule has 6 heterocycles. The Balaban J connectivity index is 1.37. The van der Waals surface area contributed by atoms with E-state index in [4.69, 9.17) is 9.98 Å². The number of fused-ring (bicyclic) bond motifs is 4. The van der Waals surface area contributed by atoms with Gasteiger partial charge in [0.05, 0.1) is 33.9 Å². The third-order valence-electron chi connectivity index (χ3n) is 10.9. The number of carbonyl (C=O) groups is 1. The molecular weight excluding hydrogens is 685 g/mol. The van der Waals surface area contributed by atoms with Crippen LogP contribution < -0.4 is 16.2 Å². The van der Waals surface area contributed by atoms with E-state index < -0.39 is 0 Å². The van der Waals surface area contributed by atoms with Crippen LogP contribution >= 0.6 is 0 Å². The second kappa shape index (κ2) is 12.8. The molecule has 1 N–H and O–H groups in total. The molecule has 8 aromatic rings. The third-order valence-corrected chi connectivity index (χ3v) is 10.9. The van der Waals surface area contributed by atoms with Crippen LogP contribution in [-0.4, -0.2) is 20.9 Å². The van der Waals surface area contributed by atoms with Crippen molar-refractivity contribution in [1.82, 2.24) is 9.38 Å². The number of rotatable bonds is 6. The average Bonchev–Trinajstić information content (AvgIpc) is 4.11. The lowest BCUT2D eigenvalue weighted by atomic mass is 9.89. The van der Waals surface area contributed by atoms with Crippen LogP contribution in [0.3, 0.4) is 0 Å². The van der Waals surface area contributed by atoms with Gasteiger partial charge in [0.25, 0.3) is 0 Å². The quantitative estimate of drug-likeness (QED) is 0.172. The molecule has 262 valence electrons. The van der Waals surface area contributed by atoms with E-state index in [0.29, 0.717) is 16.8 Å². The highest BCUT2D eigenvalue weighted by atomic mass is 16.1. The normalized spacial score (nSPS) is 14.5. The van der Waals surface area contributed by atoms with Crippen LogP contribution in [0, 0.1) is 0 Å². The van der Waals surface area contributed by atoms with Gasteiger partial charge in [-0.25, -0.2) is 9.98 Å². The smallest absolute Gasteiger partial charge is 0.195 e. The molecule has 5 aromatic carbocycles. The number of aliphatic imine (C=N–C) groups is 1. The van der Waals surface area contributed by atoms with E-state index in [1.54, 1.807) is 0 Å². The summed E-state index contributed by atoms with van der Waals surface area (Å²) in [5.41, 5.74) is 14.8. The summed E-state index contributed by atoms with van der Waals surface area (Å²) in [7, 11) is 0. The van der Waals surface area contributed by atoms with E-state index in [0.717, 1.165) is 88.9 Å². The monoisotopic (exact) mass is 716 g/mol. The molecule has 0 amide bonds. The van der Waals surface area contributed by atoms with Gasteiger partial charge < -0.3 is 4.98 Å². The van der Waals surface area contributed by atoms with Crippen molar-refractivity contribution in [2.24, 2.45) is 9.98 Å². The SMILES string of the molecule is O=C(C1=C2N=c3c1c(-c1ccccc1)c1ccc(n31)C(c1ccccc1)=C1C=CC(=N1)C(c1ccccc1)=c1ccc([nH]1)=C2c1ccccc1)c1ccccc1. The standard InChI is InChI=1S/C51H32N4O/c56-50(36-24-14-5-15-25-36)48-47-46(35-22-12-4-13-23-35)42-31-30-41-44(33-18-8-2-9-19-33)39-28-26-37(52-39)43(32-16-6-1-7-17-32)38-27-29-40(53-38)45(34-20-10-3-11-21-34)49(48)54-51(47)55(41)42/h1-31,53H. The molecule has 3 aliphatic rings. The summed E-state index contributed by atoms with van der Waals surface area (Å²) in [6, 6.07) is 59.7. The first-order valence-corrected chi connectivity index (χ1v) is 18.8. The molecular formula is C51H32N4O. The van der Waals surface area contributed by atoms with E-state index in [2.05, 4.69) is 131 Å². The fourth-order valence-corrected chi connectivity index (χ4v) is 8.49. The van der Waals surface area contributed by atoms with E-state index >= 15 is 4.79 Å². The molecule has 0 fully saturated rings. The number of hydrogen-bond donors (Lipinski definition) is 1. The van der Waals surface area contributed by atoms with Crippen LogP contribution in [0.25, 0.3) is 38.9 Å². The summed E-state index contributed by atoms with van der Waals surface area (Å²) in [6.07, 6.45) is 4.25. The number of Topliss-reactive ketones (excluding diaryl/α,β-unsaturated/α-hetero) is 1. The fraction of sp³-hybridized carbons (Fsp3) is 0. The zero-order valence-electron chi connectivity index (χ0n) is 30.1. The Morgan fingerprint density at radius 1 is 0.482 bits per heavy atom. The Kier molecular flexibility index (Phi) is 7.25. The zero-order chi connectivity index (χ0) is 37.2. The van der Waals surface area contributed by atoms with Crippen molar-refractivity contribution in [3.63, 3.8) is 0 Å². The molecule has 5 heteroatoms. The van der Waals surface area contributed by atoms with Crippen molar-refractivity contribution in [3.8, 4) is 11.1 Å². The Hall–Kier alpha value is -7.63. The highest BCUT2D eigenvalue weighted by molar-refractivity contribution is 6.33. The van der Waals surface area contributed by atoms with Crippen LogP contribution in [0.4, 0.5) is 0 Å². The number of aromatic amines is 1. The Morgan fingerprint density at radius 3 is 1.64 bits per heavy atom. The lowest BCUT2D eigenvalue weighted by Gasteiger charge is -2.13. The molecule has 3 aromatic heterocycles. The van der Waals surface area contributed by atoms with Gasteiger partial charge in [0, 0.05) is 44.1 Å². The number of aromatic nitrogens is 2. The number of allylic oxidation sites excluding steroid dienone is 4. The van der Waals surface area contributed by atoms with Gasteiger partial charge in [0.1, 0.15) is 5.49 Å².